The predicted molar refractivity (Wildman–Crippen MR) is 87.5 cm³/mol. The third kappa shape index (κ3) is 3.17. The summed E-state index contributed by atoms with van der Waals surface area (Å²) in [6.45, 7) is 1.13. The van der Waals surface area contributed by atoms with Crippen molar-refractivity contribution in [1.29, 1.82) is 0 Å². The van der Waals surface area contributed by atoms with Gasteiger partial charge in [-0.25, -0.2) is 4.79 Å². The van der Waals surface area contributed by atoms with E-state index in [1.54, 1.807) is 0 Å². The van der Waals surface area contributed by atoms with Crippen LogP contribution < -0.4 is 5.32 Å². The molecule has 0 bridgehead atoms. The Balaban J connectivity index is 1.55. The van der Waals surface area contributed by atoms with Crippen molar-refractivity contribution < 1.29 is 28.7 Å². The molecule has 5 amide bonds. The Bertz CT molecular complexity index is 663. The van der Waals surface area contributed by atoms with Gasteiger partial charge in [0.05, 0.1) is 0 Å². The van der Waals surface area contributed by atoms with Gasteiger partial charge in [-0.05, 0) is 25.2 Å². The average molecular weight is 365 g/mol. The van der Waals surface area contributed by atoms with Crippen LogP contribution in [0.1, 0.15) is 45.4 Å². The smallest absolute Gasteiger partial charge is 0.326 e. The predicted octanol–water partition coefficient (Wildman–Crippen LogP) is 0.179. The van der Waals surface area contributed by atoms with Crippen LogP contribution in [-0.2, 0) is 23.9 Å². The molecule has 2 atom stereocenters. The number of carbonyl (C=O) groups excluding carboxylic acids is 5. The molecule has 142 valence electrons. The van der Waals surface area contributed by atoms with E-state index in [2.05, 4.69) is 5.32 Å². The van der Waals surface area contributed by atoms with E-state index in [4.69, 9.17) is 4.74 Å². The number of ether oxygens (including phenoxy) is 1. The van der Waals surface area contributed by atoms with Crippen LogP contribution in [0.25, 0.3) is 0 Å². The van der Waals surface area contributed by atoms with Crippen molar-refractivity contribution in [2.45, 2.75) is 51.0 Å². The van der Waals surface area contributed by atoms with Gasteiger partial charge in [-0.1, -0.05) is 19.8 Å². The summed E-state index contributed by atoms with van der Waals surface area (Å²) in [5.74, 6) is -2.14. The fraction of sp³-hybridized carbons (Fsp3) is 0.706. The molecule has 0 aromatic heterocycles. The largest absolute Gasteiger partial charge is 0.454 e. The monoisotopic (exact) mass is 365 g/mol. The zero-order valence-electron chi connectivity index (χ0n) is 14.8. The molecule has 2 heterocycles. The Morgan fingerprint density at radius 1 is 1.23 bits per heavy atom. The van der Waals surface area contributed by atoms with Crippen LogP contribution in [0.5, 0.6) is 0 Å². The summed E-state index contributed by atoms with van der Waals surface area (Å²) < 4.78 is 4.87. The number of urea groups is 1. The molecule has 26 heavy (non-hydrogen) atoms. The minimum atomic E-state index is -0.937. The van der Waals surface area contributed by atoms with Crippen LogP contribution in [0, 0.1) is 5.92 Å². The molecule has 3 aliphatic rings. The lowest BCUT2D eigenvalue weighted by Crippen LogP contribution is -2.54. The minimum Gasteiger partial charge on any atom is -0.454 e. The van der Waals surface area contributed by atoms with Crippen LogP contribution in [0.4, 0.5) is 4.79 Å². The third-order valence-corrected chi connectivity index (χ3v) is 5.52. The van der Waals surface area contributed by atoms with E-state index in [0.29, 0.717) is 25.8 Å². The molecule has 3 fully saturated rings. The summed E-state index contributed by atoms with van der Waals surface area (Å²) in [4.78, 5) is 62.2. The Kier molecular flexibility index (Phi) is 4.97. The molecule has 1 saturated carbocycles. The molecule has 0 unspecified atom stereocenters. The molecule has 0 aromatic rings. The van der Waals surface area contributed by atoms with Crippen LogP contribution in [0.15, 0.2) is 0 Å². The summed E-state index contributed by atoms with van der Waals surface area (Å²) in [5.41, 5.74) is -0.937. The van der Waals surface area contributed by atoms with Crippen LogP contribution >= 0.6 is 0 Å². The Hall–Kier alpha value is -2.45. The fourth-order valence-electron chi connectivity index (χ4n) is 3.95. The van der Waals surface area contributed by atoms with E-state index in [-0.39, 0.29) is 11.8 Å². The number of likely N-dealkylation sites (tertiary alicyclic amines) is 1. The van der Waals surface area contributed by atoms with Crippen LogP contribution in [0.3, 0.4) is 0 Å². The zero-order valence-corrected chi connectivity index (χ0v) is 14.8. The Morgan fingerprint density at radius 2 is 2.00 bits per heavy atom. The van der Waals surface area contributed by atoms with E-state index in [0.717, 1.165) is 29.1 Å². The van der Waals surface area contributed by atoms with E-state index < -0.39 is 42.5 Å². The lowest BCUT2D eigenvalue weighted by atomic mass is 9.73. The summed E-state index contributed by atoms with van der Waals surface area (Å²) in [6.07, 6.45) is 4.14. The molecule has 1 spiro atoms. The molecule has 9 heteroatoms. The highest BCUT2D eigenvalue weighted by molar-refractivity contribution is 6.09. The van der Waals surface area contributed by atoms with E-state index in [9.17, 15) is 24.0 Å². The van der Waals surface area contributed by atoms with Crippen LogP contribution in [-0.4, -0.2) is 64.8 Å². The number of rotatable bonds is 4. The van der Waals surface area contributed by atoms with E-state index in [1.807, 2.05) is 6.92 Å². The normalized spacial score (nSPS) is 28.7. The number of nitrogens with zero attached hydrogens (tertiary/aromatic N) is 2. The van der Waals surface area contributed by atoms with Crippen molar-refractivity contribution in [2.75, 3.05) is 19.7 Å². The van der Waals surface area contributed by atoms with Gasteiger partial charge in [0.1, 0.15) is 12.1 Å². The highest BCUT2D eigenvalue weighted by Crippen LogP contribution is 2.38. The first-order valence-corrected chi connectivity index (χ1v) is 8.98. The first-order chi connectivity index (χ1) is 12.3. The van der Waals surface area contributed by atoms with Gasteiger partial charge in [-0.3, -0.25) is 29.0 Å². The number of amides is 5. The highest BCUT2D eigenvalue weighted by Gasteiger charge is 2.55. The quantitative estimate of drug-likeness (QED) is 0.562. The molecule has 9 nitrogen and oxygen atoms in total. The second-order valence-corrected chi connectivity index (χ2v) is 7.14. The SMILES string of the molecule is C[C@@H]1CCCC[C@@]12NC(=O)N(CC(=O)OCC(=O)N1CCCC1=O)C2=O. The molecule has 0 aromatic carbocycles. The Morgan fingerprint density at radius 3 is 2.65 bits per heavy atom. The lowest BCUT2D eigenvalue weighted by Gasteiger charge is -2.36. The van der Waals surface area contributed by atoms with E-state index in [1.165, 1.54) is 0 Å². The van der Waals surface area contributed by atoms with Gasteiger partial charge in [-0.15, -0.1) is 0 Å². The maximum Gasteiger partial charge on any atom is 0.326 e. The second-order valence-electron chi connectivity index (χ2n) is 7.14. The molecule has 1 N–H and O–H groups in total. The lowest BCUT2D eigenvalue weighted by molar-refractivity contribution is -0.156. The van der Waals surface area contributed by atoms with Crippen molar-refractivity contribution in [3.63, 3.8) is 0 Å². The fourth-order valence-corrected chi connectivity index (χ4v) is 3.95. The third-order valence-electron chi connectivity index (χ3n) is 5.52. The molecular formula is C17H23N3O6. The molecule has 2 saturated heterocycles. The van der Waals surface area contributed by atoms with E-state index >= 15 is 0 Å². The summed E-state index contributed by atoms with van der Waals surface area (Å²) in [7, 11) is 0. The van der Waals surface area contributed by atoms with Gasteiger partial charge in [0.25, 0.3) is 11.8 Å². The zero-order chi connectivity index (χ0) is 18.9. The standard InChI is InChI=1S/C17H23N3O6/c1-11-5-2-3-7-17(11)15(24)20(16(25)18-17)9-14(23)26-10-13(22)19-8-4-6-12(19)21/h11H,2-10H2,1H3,(H,18,25)/t11-,17-/m1/s1. The van der Waals surface area contributed by atoms with Gasteiger partial charge in [0.15, 0.2) is 6.61 Å². The minimum absolute atomic E-state index is 0.00326. The van der Waals surface area contributed by atoms with Gasteiger partial charge in [0, 0.05) is 13.0 Å². The first kappa shape index (κ1) is 18.3. The number of hydrogen-bond acceptors (Lipinski definition) is 6. The van der Waals surface area contributed by atoms with Crippen molar-refractivity contribution in [1.82, 2.24) is 15.1 Å². The van der Waals surface area contributed by atoms with Gasteiger partial charge < -0.3 is 10.1 Å². The second kappa shape index (κ2) is 7.05. The number of esters is 1. The van der Waals surface area contributed by atoms with Crippen LogP contribution in [0.2, 0.25) is 0 Å². The number of imide groups is 2. The average Bonchev–Trinajstić information content (AvgIpc) is 3.13. The summed E-state index contributed by atoms with van der Waals surface area (Å²) in [5, 5.41) is 2.75. The van der Waals surface area contributed by atoms with Crippen molar-refractivity contribution >= 4 is 29.7 Å². The molecular weight excluding hydrogens is 342 g/mol. The van der Waals surface area contributed by atoms with Gasteiger partial charge >= 0.3 is 12.0 Å². The van der Waals surface area contributed by atoms with Crippen molar-refractivity contribution in [2.24, 2.45) is 5.92 Å². The van der Waals surface area contributed by atoms with Crippen molar-refractivity contribution in [3.8, 4) is 0 Å². The highest BCUT2D eigenvalue weighted by atomic mass is 16.5. The summed E-state index contributed by atoms with van der Waals surface area (Å²) >= 11 is 0. The maximum absolute atomic E-state index is 12.7. The topological polar surface area (TPSA) is 113 Å². The van der Waals surface area contributed by atoms with Gasteiger partial charge in [0.2, 0.25) is 5.91 Å². The first-order valence-electron chi connectivity index (χ1n) is 8.98. The molecule has 3 rings (SSSR count). The van der Waals surface area contributed by atoms with Gasteiger partial charge in [-0.2, -0.15) is 0 Å². The summed E-state index contributed by atoms with van der Waals surface area (Å²) in [6, 6.07) is -0.609. The molecule has 0 radical (unpaired) electrons. The number of hydrogen-bond donors (Lipinski definition) is 1. The van der Waals surface area contributed by atoms with Crippen molar-refractivity contribution in [3.05, 3.63) is 0 Å². The maximum atomic E-state index is 12.7. The number of carbonyl (C=O) groups is 5. The molecule has 2 aliphatic heterocycles. The molecule has 1 aliphatic carbocycles. The number of nitrogens with one attached hydrogen (secondary N) is 1. The Labute approximate surface area is 151 Å².